The standard InChI is InChI=1S/C32H37NO12/c1-14-10-16-23(24(35)22-15(25(16)37-3)6-4-7-18(22)34)26-21(14)27-28-31(43-26,42-20-11-19(36-2)17(33)12-40-20)30(13-41-30)32(44-27,45-28)29-38-8-5-9-39-29/h10,17,19-20,27-29,35H,4-9,11-13,33H2,1-3H3/t17?,19?,20?,27?,28?,30-,31+,32?/m0/s1. The second-order valence-corrected chi connectivity index (χ2v) is 13.0. The number of carbonyl (C=O) groups excluding carboxylic acids is 1. The van der Waals surface area contributed by atoms with Crippen molar-refractivity contribution in [2.75, 3.05) is 40.6 Å². The van der Waals surface area contributed by atoms with Crippen molar-refractivity contribution in [3.05, 3.63) is 28.3 Å². The second-order valence-electron chi connectivity index (χ2n) is 13.0. The van der Waals surface area contributed by atoms with Crippen molar-refractivity contribution in [2.45, 2.75) is 93.1 Å². The van der Waals surface area contributed by atoms with Crippen LogP contribution in [0.1, 0.15) is 58.8 Å². The molecule has 2 aromatic rings. The molecule has 0 aromatic heterocycles. The summed E-state index contributed by atoms with van der Waals surface area (Å²) in [5, 5.41) is 12.9. The molecule has 7 aliphatic rings. The first kappa shape index (κ1) is 28.6. The Morgan fingerprint density at radius 3 is 2.62 bits per heavy atom. The third kappa shape index (κ3) is 3.51. The summed E-state index contributed by atoms with van der Waals surface area (Å²) in [5.41, 5.74) is 7.41. The number of nitrogens with two attached hydrogens (primary N) is 1. The summed E-state index contributed by atoms with van der Waals surface area (Å²) in [7, 11) is 3.18. The van der Waals surface area contributed by atoms with E-state index in [0.29, 0.717) is 72.3 Å². The van der Waals surface area contributed by atoms with Gasteiger partial charge < -0.3 is 58.2 Å². The van der Waals surface area contributed by atoms with E-state index in [1.54, 1.807) is 14.2 Å². The van der Waals surface area contributed by atoms with E-state index in [9.17, 15) is 9.90 Å². The highest BCUT2D eigenvalue weighted by atomic mass is 16.9. The number of carbonyl (C=O) groups is 1. The van der Waals surface area contributed by atoms with E-state index < -0.39 is 42.0 Å². The average Bonchev–Trinajstić information content (AvgIpc) is 3.71. The minimum absolute atomic E-state index is 0.142. The number of hydrogen-bond donors (Lipinski definition) is 2. The highest BCUT2D eigenvalue weighted by Crippen LogP contribution is 2.72. The number of methoxy groups -OCH3 is 2. The first-order chi connectivity index (χ1) is 21.8. The molecule has 13 heteroatoms. The van der Waals surface area contributed by atoms with Crippen LogP contribution in [0.25, 0.3) is 10.8 Å². The Bertz CT molecular complexity index is 1600. The average molecular weight is 628 g/mol. The first-order valence-corrected chi connectivity index (χ1v) is 15.7. The molecule has 0 amide bonds. The number of phenols is 1. The van der Waals surface area contributed by atoms with Gasteiger partial charge in [-0.1, -0.05) is 0 Å². The molecule has 45 heavy (non-hydrogen) atoms. The van der Waals surface area contributed by atoms with Gasteiger partial charge in [-0.05, 0) is 37.8 Å². The molecule has 2 aromatic carbocycles. The van der Waals surface area contributed by atoms with Gasteiger partial charge in [-0.25, -0.2) is 0 Å². The third-order valence-corrected chi connectivity index (χ3v) is 10.6. The van der Waals surface area contributed by atoms with Crippen LogP contribution in [0, 0.1) is 6.92 Å². The van der Waals surface area contributed by atoms with Crippen molar-refractivity contribution < 1.29 is 57.3 Å². The molecule has 8 atom stereocenters. The summed E-state index contributed by atoms with van der Waals surface area (Å²) in [4.78, 5) is 13.2. The molecule has 6 unspecified atom stereocenters. The van der Waals surface area contributed by atoms with Crippen LogP contribution in [0.15, 0.2) is 6.07 Å². The van der Waals surface area contributed by atoms with Crippen molar-refractivity contribution in [1.82, 2.24) is 0 Å². The number of Topliss-reactive ketones (excluding diaryl/α,β-unsaturated/α-hetero) is 1. The van der Waals surface area contributed by atoms with E-state index in [0.717, 1.165) is 12.0 Å². The molecule has 6 heterocycles. The van der Waals surface area contributed by atoms with Gasteiger partial charge in [0.15, 0.2) is 18.2 Å². The van der Waals surface area contributed by atoms with Crippen LogP contribution in [-0.2, 0) is 44.3 Å². The maximum atomic E-state index is 13.2. The number of ketones is 1. The SMILES string of the molecule is COc1c2c(c(O)c3c4c(c(C)cc13)C1OC3(C5OCCCO5)OC1[C@@](OC1CC(OC)C(N)CO1)(O4)[C@@]31CO1)C(=O)CCC2. The van der Waals surface area contributed by atoms with Gasteiger partial charge in [-0.2, -0.15) is 0 Å². The van der Waals surface area contributed by atoms with Crippen LogP contribution in [0.4, 0.5) is 0 Å². The summed E-state index contributed by atoms with van der Waals surface area (Å²) in [5.74, 6) is -2.55. The predicted molar refractivity (Wildman–Crippen MR) is 152 cm³/mol. The van der Waals surface area contributed by atoms with Crippen LogP contribution in [0.5, 0.6) is 17.2 Å². The Morgan fingerprint density at radius 2 is 1.89 bits per heavy atom. The van der Waals surface area contributed by atoms with Crippen molar-refractivity contribution in [3.8, 4) is 17.2 Å². The number of hydrogen-bond acceptors (Lipinski definition) is 13. The topological polar surface area (TPSA) is 159 Å². The van der Waals surface area contributed by atoms with E-state index >= 15 is 0 Å². The minimum Gasteiger partial charge on any atom is -0.506 e. The lowest BCUT2D eigenvalue weighted by molar-refractivity contribution is -0.384. The van der Waals surface area contributed by atoms with Gasteiger partial charge in [-0.3, -0.25) is 4.79 Å². The zero-order chi connectivity index (χ0) is 30.9. The Hall–Kier alpha value is -2.59. The summed E-state index contributed by atoms with van der Waals surface area (Å²) < 4.78 is 63.8. The number of rotatable bonds is 5. The molecule has 242 valence electrons. The number of aromatic hydroxyl groups is 1. The molecule has 5 saturated heterocycles. The van der Waals surface area contributed by atoms with Crippen molar-refractivity contribution in [2.24, 2.45) is 5.73 Å². The van der Waals surface area contributed by atoms with Crippen molar-refractivity contribution in [3.63, 3.8) is 0 Å². The van der Waals surface area contributed by atoms with Crippen molar-refractivity contribution in [1.29, 1.82) is 0 Å². The molecule has 0 radical (unpaired) electrons. The van der Waals surface area contributed by atoms with E-state index in [1.807, 2.05) is 13.0 Å². The third-order valence-electron chi connectivity index (χ3n) is 10.6. The number of benzene rings is 2. The first-order valence-electron chi connectivity index (χ1n) is 15.7. The zero-order valence-corrected chi connectivity index (χ0v) is 25.4. The Balaban J connectivity index is 1.26. The monoisotopic (exact) mass is 627 g/mol. The molecule has 1 aliphatic carbocycles. The van der Waals surface area contributed by atoms with Gasteiger partial charge in [0.1, 0.15) is 23.4 Å². The van der Waals surface area contributed by atoms with Crippen molar-refractivity contribution >= 4 is 16.6 Å². The van der Waals surface area contributed by atoms with Crippen LogP contribution < -0.4 is 15.2 Å². The van der Waals surface area contributed by atoms with Crippen LogP contribution in [0.2, 0.25) is 0 Å². The molecule has 3 N–H and O–H groups in total. The lowest BCUT2D eigenvalue weighted by Gasteiger charge is -2.51. The van der Waals surface area contributed by atoms with Gasteiger partial charge in [0.2, 0.25) is 11.9 Å². The van der Waals surface area contributed by atoms with Crippen LogP contribution >= 0.6 is 0 Å². The van der Waals surface area contributed by atoms with Crippen LogP contribution in [0.3, 0.4) is 0 Å². The number of aryl methyl sites for hydroxylation is 1. The molecule has 13 nitrogen and oxygen atoms in total. The predicted octanol–water partition coefficient (Wildman–Crippen LogP) is 2.27. The summed E-state index contributed by atoms with van der Waals surface area (Å²) in [6, 6.07) is 1.62. The fraction of sp³-hybridized carbons (Fsp3) is 0.656. The Morgan fingerprint density at radius 1 is 1.09 bits per heavy atom. The number of fused-ring (bicyclic) bond motifs is 8. The summed E-state index contributed by atoms with van der Waals surface area (Å²) >= 11 is 0. The molecule has 0 saturated carbocycles. The van der Waals surface area contributed by atoms with Gasteiger partial charge in [0.25, 0.3) is 11.6 Å². The molecular weight excluding hydrogens is 590 g/mol. The van der Waals surface area contributed by atoms with E-state index in [2.05, 4.69) is 0 Å². The van der Waals surface area contributed by atoms with Gasteiger partial charge in [-0.15, -0.1) is 0 Å². The minimum atomic E-state index is -1.61. The Kier molecular flexibility index (Phi) is 6.18. The summed E-state index contributed by atoms with van der Waals surface area (Å²) in [6.45, 7) is 3.26. The Labute approximate surface area is 259 Å². The molecule has 5 fully saturated rings. The molecule has 9 rings (SSSR count). The molecule has 2 bridgehead atoms. The fourth-order valence-electron chi connectivity index (χ4n) is 8.49. The molecule has 1 spiro atoms. The van der Waals surface area contributed by atoms with Gasteiger partial charge in [0.05, 0.1) is 56.6 Å². The maximum absolute atomic E-state index is 13.2. The zero-order valence-electron chi connectivity index (χ0n) is 25.4. The van der Waals surface area contributed by atoms with E-state index in [1.165, 1.54) is 0 Å². The molecular formula is C32H37NO12. The lowest BCUT2D eigenvalue weighted by Crippen LogP contribution is -2.71. The highest BCUT2D eigenvalue weighted by Gasteiger charge is 2.94. The van der Waals surface area contributed by atoms with Gasteiger partial charge in [0, 0.05) is 36.5 Å². The highest BCUT2D eigenvalue weighted by molar-refractivity contribution is 6.11. The smallest absolute Gasteiger partial charge is 0.279 e. The molecule has 6 aliphatic heterocycles. The quantitative estimate of drug-likeness (QED) is 0.466. The number of epoxide rings is 1. The maximum Gasteiger partial charge on any atom is 0.279 e. The van der Waals surface area contributed by atoms with Gasteiger partial charge >= 0.3 is 0 Å². The summed E-state index contributed by atoms with van der Waals surface area (Å²) in [6.07, 6.45) is -0.843. The fourth-order valence-corrected chi connectivity index (χ4v) is 8.49. The largest absolute Gasteiger partial charge is 0.506 e. The van der Waals surface area contributed by atoms with E-state index in [-0.39, 0.29) is 42.5 Å². The lowest BCUT2D eigenvalue weighted by atomic mass is 9.78. The number of phenolic OH excluding ortho intramolecular Hbond substituents is 1. The van der Waals surface area contributed by atoms with E-state index in [4.69, 9.17) is 53.1 Å². The normalized spacial score (nSPS) is 40.0. The second kappa shape index (κ2) is 9.72. The van der Waals surface area contributed by atoms with Crippen LogP contribution in [-0.4, -0.2) is 99.5 Å². The number of ether oxygens (including phenoxy) is 10.